The summed E-state index contributed by atoms with van der Waals surface area (Å²) in [5.74, 6) is 0. The van der Waals surface area contributed by atoms with Crippen molar-refractivity contribution in [2.24, 2.45) is 0 Å². The maximum Gasteiger partial charge on any atom is 0.0541 e. The number of allylic oxidation sites excluding steroid dienone is 1. The lowest BCUT2D eigenvalue weighted by atomic mass is 10.00. The smallest absolute Gasteiger partial charge is 0.0541 e. The molecule has 0 radical (unpaired) electrons. The van der Waals surface area contributed by atoms with E-state index in [1.807, 2.05) is 0 Å². The number of nitrogens with zero attached hydrogens (tertiary/aromatic N) is 2. The number of hydrogen-bond donors (Lipinski definition) is 0. The first-order chi connectivity index (χ1) is 22.3. The second-order valence-electron chi connectivity index (χ2n) is 12.1. The first-order valence-corrected chi connectivity index (χ1v) is 15.9. The van der Waals surface area contributed by atoms with Gasteiger partial charge in [0.05, 0.1) is 16.6 Å². The van der Waals surface area contributed by atoms with E-state index in [4.69, 9.17) is 0 Å². The van der Waals surface area contributed by atoms with Crippen LogP contribution < -0.4 is 0 Å². The Morgan fingerprint density at radius 1 is 0.444 bits per heavy atom. The fourth-order valence-corrected chi connectivity index (χ4v) is 7.28. The van der Waals surface area contributed by atoms with Gasteiger partial charge in [0.15, 0.2) is 0 Å². The molecule has 2 heteroatoms. The van der Waals surface area contributed by atoms with E-state index in [1.54, 1.807) is 0 Å². The van der Waals surface area contributed by atoms with Gasteiger partial charge in [-0.2, -0.15) is 0 Å². The molecule has 0 N–H and O–H groups in total. The predicted octanol–water partition coefficient (Wildman–Crippen LogP) is 10.9. The molecule has 0 unspecified atom stereocenters. The zero-order chi connectivity index (χ0) is 29.7. The highest BCUT2D eigenvalue weighted by Gasteiger charge is 2.18. The third-order valence-electron chi connectivity index (χ3n) is 9.45. The van der Waals surface area contributed by atoms with Crippen molar-refractivity contribution < 1.29 is 0 Å². The van der Waals surface area contributed by atoms with Gasteiger partial charge in [-0.3, -0.25) is 0 Å². The van der Waals surface area contributed by atoms with E-state index in [9.17, 15) is 0 Å². The molecule has 2 aromatic heterocycles. The van der Waals surface area contributed by atoms with Crippen LogP contribution in [0.3, 0.4) is 0 Å². The monoisotopic (exact) mass is 576 g/mol. The van der Waals surface area contributed by atoms with Crippen LogP contribution in [0.25, 0.3) is 61.3 Å². The quantitative estimate of drug-likeness (QED) is 0.193. The Morgan fingerprint density at radius 2 is 0.911 bits per heavy atom. The van der Waals surface area contributed by atoms with E-state index in [0.29, 0.717) is 0 Å². The zero-order valence-corrected chi connectivity index (χ0v) is 25.0. The largest absolute Gasteiger partial charge is 0.310 e. The van der Waals surface area contributed by atoms with E-state index in [0.717, 1.165) is 19.3 Å². The molecule has 0 saturated carbocycles. The van der Waals surface area contributed by atoms with Gasteiger partial charge in [0.25, 0.3) is 0 Å². The van der Waals surface area contributed by atoms with Crippen LogP contribution in [0.1, 0.15) is 28.8 Å². The number of para-hydroxylation sites is 3. The molecule has 0 spiro atoms. The first kappa shape index (κ1) is 25.9. The summed E-state index contributed by atoms with van der Waals surface area (Å²) in [5, 5.41) is 3.95. The van der Waals surface area contributed by atoms with E-state index in [2.05, 4.69) is 167 Å². The van der Waals surface area contributed by atoms with Crippen LogP contribution >= 0.6 is 0 Å². The number of fused-ring (bicyclic) bond motifs is 6. The van der Waals surface area contributed by atoms with Crippen LogP contribution in [0, 0.1) is 0 Å². The summed E-state index contributed by atoms with van der Waals surface area (Å²) in [6.45, 7) is 0. The Morgan fingerprint density at radius 3 is 1.53 bits per heavy atom. The SMILES string of the molecule is C1=Cc2c(c3ccccc3n2-c2ccc(Cc3ccc(-c4ccc(-n5c6ccccc6c6ccccc65)cc4)cc3)cc2)CC1. The van der Waals surface area contributed by atoms with Crippen molar-refractivity contribution in [3.63, 3.8) is 0 Å². The molecule has 0 atom stereocenters. The molecule has 214 valence electrons. The van der Waals surface area contributed by atoms with Crippen molar-refractivity contribution in [2.75, 3.05) is 0 Å². The van der Waals surface area contributed by atoms with Gasteiger partial charge in [-0.05, 0) is 95.6 Å². The maximum atomic E-state index is 2.42. The highest BCUT2D eigenvalue weighted by atomic mass is 15.0. The highest BCUT2D eigenvalue weighted by Crippen LogP contribution is 2.35. The number of rotatable bonds is 5. The molecular weight excluding hydrogens is 544 g/mol. The van der Waals surface area contributed by atoms with Gasteiger partial charge >= 0.3 is 0 Å². The fourth-order valence-electron chi connectivity index (χ4n) is 7.28. The molecule has 9 rings (SSSR count). The number of aromatic nitrogens is 2. The van der Waals surface area contributed by atoms with Gasteiger partial charge in [0.2, 0.25) is 0 Å². The summed E-state index contributed by atoms with van der Waals surface area (Å²) >= 11 is 0. The van der Waals surface area contributed by atoms with Crippen molar-refractivity contribution in [1.29, 1.82) is 0 Å². The maximum absolute atomic E-state index is 2.42. The molecule has 0 aliphatic heterocycles. The Balaban J connectivity index is 0.960. The molecular formula is C43H32N2. The van der Waals surface area contributed by atoms with Crippen LogP contribution in [0.4, 0.5) is 0 Å². The minimum absolute atomic E-state index is 0.914. The summed E-state index contributed by atoms with van der Waals surface area (Å²) in [4.78, 5) is 0. The van der Waals surface area contributed by atoms with E-state index in [-0.39, 0.29) is 0 Å². The van der Waals surface area contributed by atoms with Gasteiger partial charge in [0.1, 0.15) is 0 Å². The molecule has 6 aromatic carbocycles. The Kier molecular flexibility index (Phi) is 6.05. The Hall–Kier alpha value is -5.60. The van der Waals surface area contributed by atoms with Gasteiger partial charge in [-0.1, -0.05) is 109 Å². The fraction of sp³-hybridized carbons (Fsp3) is 0.0698. The molecule has 0 saturated heterocycles. The molecule has 45 heavy (non-hydrogen) atoms. The minimum Gasteiger partial charge on any atom is -0.310 e. The van der Waals surface area contributed by atoms with Crippen molar-refractivity contribution >= 4 is 38.8 Å². The topological polar surface area (TPSA) is 9.86 Å². The third kappa shape index (κ3) is 4.33. The molecule has 2 nitrogen and oxygen atoms in total. The number of hydrogen-bond acceptors (Lipinski definition) is 0. The summed E-state index contributed by atoms with van der Waals surface area (Å²) in [5.41, 5.74) is 14.1. The van der Waals surface area contributed by atoms with Crippen LogP contribution in [0.5, 0.6) is 0 Å². The summed E-state index contributed by atoms with van der Waals surface area (Å²) in [7, 11) is 0. The minimum atomic E-state index is 0.914. The summed E-state index contributed by atoms with van der Waals surface area (Å²) in [6.07, 6.45) is 7.74. The lowest BCUT2D eigenvalue weighted by molar-refractivity contribution is 0.967. The van der Waals surface area contributed by atoms with Crippen molar-refractivity contribution in [1.82, 2.24) is 9.13 Å². The normalized spacial score (nSPS) is 12.7. The van der Waals surface area contributed by atoms with E-state index >= 15 is 0 Å². The molecule has 1 aliphatic rings. The average Bonchev–Trinajstić information content (AvgIpc) is 3.62. The van der Waals surface area contributed by atoms with Crippen molar-refractivity contribution in [3.8, 4) is 22.5 Å². The van der Waals surface area contributed by atoms with E-state index in [1.165, 1.54) is 77.6 Å². The van der Waals surface area contributed by atoms with Gasteiger partial charge in [-0.25, -0.2) is 0 Å². The Labute approximate surface area is 263 Å². The summed E-state index contributed by atoms with van der Waals surface area (Å²) in [6, 6.07) is 53.3. The van der Waals surface area contributed by atoms with Crippen molar-refractivity contribution in [3.05, 3.63) is 174 Å². The van der Waals surface area contributed by atoms with Gasteiger partial charge in [0, 0.05) is 33.2 Å². The molecule has 2 heterocycles. The first-order valence-electron chi connectivity index (χ1n) is 15.9. The third-order valence-corrected chi connectivity index (χ3v) is 9.45. The highest BCUT2D eigenvalue weighted by molar-refractivity contribution is 6.09. The number of benzene rings is 6. The molecule has 0 fully saturated rings. The van der Waals surface area contributed by atoms with Gasteiger partial charge < -0.3 is 9.13 Å². The van der Waals surface area contributed by atoms with E-state index < -0.39 is 0 Å². The predicted molar refractivity (Wildman–Crippen MR) is 190 cm³/mol. The number of aryl methyl sites for hydroxylation is 1. The van der Waals surface area contributed by atoms with Crippen molar-refractivity contribution in [2.45, 2.75) is 19.3 Å². The second kappa shape index (κ2) is 10.5. The molecule has 8 aromatic rings. The average molecular weight is 577 g/mol. The molecule has 0 bridgehead atoms. The van der Waals surface area contributed by atoms with Crippen LogP contribution in [-0.4, -0.2) is 9.13 Å². The lowest BCUT2D eigenvalue weighted by Gasteiger charge is -2.13. The standard InChI is InChI=1S/C43H32N2/c1-5-13-40-36(9-1)37-10-2-6-14-41(37)44(40)34-25-19-31(20-26-34)29-30-17-21-32(22-18-30)33-23-27-35(28-24-33)45-42-15-7-3-11-38(42)39-12-4-8-16-43(39)45/h1,3-9,11-28H,2,10,29H2. The zero-order valence-electron chi connectivity index (χ0n) is 25.0. The van der Waals surface area contributed by atoms with Crippen LogP contribution in [-0.2, 0) is 12.8 Å². The van der Waals surface area contributed by atoms with Crippen LogP contribution in [0.2, 0.25) is 0 Å². The van der Waals surface area contributed by atoms with Gasteiger partial charge in [-0.15, -0.1) is 0 Å². The summed E-state index contributed by atoms with van der Waals surface area (Å²) < 4.78 is 4.79. The molecule has 1 aliphatic carbocycles. The molecule has 0 amide bonds. The Bertz CT molecular complexity index is 2310. The van der Waals surface area contributed by atoms with Crippen LogP contribution in [0.15, 0.2) is 152 Å². The second-order valence-corrected chi connectivity index (χ2v) is 12.1. The lowest BCUT2D eigenvalue weighted by Crippen LogP contribution is -2.00.